The predicted octanol–water partition coefficient (Wildman–Crippen LogP) is -7.89. The summed E-state index contributed by atoms with van der Waals surface area (Å²) in [6.07, 6.45) is -31.4. The van der Waals surface area contributed by atoms with E-state index in [1.807, 2.05) is 12.1 Å². The van der Waals surface area contributed by atoms with E-state index in [2.05, 4.69) is 16.0 Å². The van der Waals surface area contributed by atoms with Crippen LogP contribution in [-0.2, 0) is 74.8 Å². The Bertz CT molecular complexity index is 2950. The van der Waals surface area contributed by atoms with Crippen LogP contribution in [0.5, 0.6) is 0 Å². The maximum Gasteiger partial charge on any atom is 0.410 e. The van der Waals surface area contributed by atoms with Gasteiger partial charge in [-0.3, -0.25) is 9.80 Å². The number of hydrogen-bond donors (Lipinski definition) is 20. The molecule has 2 aromatic carbocycles. The molecule has 0 spiro atoms. The van der Waals surface area contributed by atoms with Gasteiger partial charge in [-0.2, -0.15) is 0 Å². The highest BCUT2D eigenvalue weighted by atomic mass is 16.8. The Balaban J connectivity index is 0.000000249. The Labute approximate surface area is 595 Å². The summed E-state index contributed by atoms with van der Waals surface area (Å²) in [5.74, 6) is -0.475. The van der Waals surface area contributed by atoms with Crippen LogP contribution < -0.4 is 50.4 Å². The fourth-order valence-electron chi connectivity index (χ4n) is 14.8. The first-order valence-electron chi connectivity index (χ1n) is 34.4. The fraction of sp³-hybridized carbons (Fsp3) is 0.769. The molecule has 9 aliphatic rings. The van der Waals surface area contributed by atoms with Crippen molar-refractivity contribution in [3.63, 3.8) is 0 Å². The molecule has 0 aromatic heterocycles. The molecule has 34 atom stereocenters. The van der Waals surface area contributed by atoms with E-state index in [4.69, 9.17) is 96.0 Å². The Morgan fingerprint density at radius 3 is 1.67 bits per heavy atom. The Hall–Kier alpha value is -4.91. The topological polar surface area (TPSA) is 592 Å². The van der Waals surface area contributed by atoms with Gasteiger partial charge in [0.2, 0.25) is 0 Å². The normalized spacial score (nSPS) is 43.0. The number of fused-ring (bicyclic) bond motifs is 4. The van der Waals surface area contributed by atoms with Crippen molar-refractivity contribution in [1.82, 2.24) is 25.8 Å². The van der Waals surface area contributed by atoms with E-state index in [1.54, 1.807) is 67.4 Å². The maximum atomic E-state index is 13.2. The molecule has 103 heavy (non-hydrogen) atoms. The molecule has 2 aromatic rings. The zero-order chi connectivity index (χ0) is 73.5. The molecule has 7 aliphatic heterocycles. The monoisotopic (exact) mass is 1470 g/mol. The number of alkyl carbamates (subject to hydrolysis) is 2. The number of ether oxygens (including phenoxy) is 13. The molecule has 2 aliphatic carbocycles. The number of carbonyl (C=O) groups excluding carboxylic acids is 3. The quantitative estimate of drug-likeness (QED) is 0.0487. The zero-order valence-electron chi connectivity index (χ0n) is 56.7. The molecule has 0 bridgehead atoms. The summed E-state index contributed by atoms with van der Waals surface area (Å²) < 4.78 is 77.4. The number of aliphatic hydroxyl groups excluding tert-OH is 11. The molecule has 3 amide bonds. The van der Waals surface area contributed by atoms with Crippen LogP contribution in [0.15, 0.2) is 60.7 Å². The summed E-state index contributed by atoms with van der Waals surface area (Å²) in [7, 11) is 3.02. The van der Waals surface area contributed by atoms with Crippen LogP contribution in [0.3, 0.4) is 0 Å². The number of nitrogens with zero attached hydrogens (tertiary/aromatic N) is 2. The smallest absolute Gasteiger partial charge is 0.410 e. The third-order valence-electron chi connectivity index (χ3n) is 20.4. The number of rotatable bonds is 22. The van der Waals surface area contributed by atoms with E-state index in [9.17, 15) is 70.6 Å². The Morgan fingerprint density at radius 2 is 1.08 bits per heavy atom. The van der Waals surface area contributed by atoms with E-state index < -0.39 is 239 Å². The lowest BCUT2D eigenvalue weighted by atomic mass is 9.83. The molecule has 7 saturated heterocycles. The van der Waals surface area contributed by atoms with Crippen LogP contribution in [0.2, 0.25) is 0 Å². The molecule has 26 N–H and O–H groups in total. The highest BCUT2D eigenvalue weighted by Gasteiger charge is 2.62. The number of nitrogens with two attached hydrogens (primary N) is 6. The zero-order valence-corrected chi connectivity index (χ0v) is 56.7. The number of aliphatic hydroxyl groups is 11. The Morgan fingerprint density at radius 1 is 0.544 bits per heavy atom. The van der Waals surface area contributed by atoms with Gasteiger partial charge >= 0.3 is 18.3 Å². The van der Waals surface area contributed by atoms with Crippen LogP contribution in [0, 0.1) is 5.92 Å². The van der Waals surface area contributed by atoms with Gasteiger partial charge in [0, 0.05) is 51.2 Å². The van der Waals surface area contributed by atoms with Gasteiger partial charge in [-0.05, 0) is 43.9 Å². The molecule has 18 unspecified atom stereocenters. The van der Waals surface area contributed by atoms with Gasteiger partial charge in [-0.1, -0.05) is 75.0 Å². The van der Waals surface area contributed by atoms with Crippen molar-refractivity contribution in [3.05, 3.63) is 71.8 Å². The summed E-state index contributed by atoms with van der Waals surface area (Å²) >= 11 is 0. The van der Waals surface area contributed by atoms with Crippen LogP contribution >= 0.6 is 0 Å². The second-order valence-corrected chi connectivity index (χ2v) is 27.3. The van der Waals surface area contributed by atoms with Gasteiger partial charge in [0.05, 0.1) is 67.8 Å². The van der Waals surface area contributed by atoms with Gasteiger partial charge in [0.25, 0.3) is 0 Å². The summed E-state index contributed by atoms with van der Waals surface area (Å²) in [6, 6.07) is 9.91. The molecular formula is C65H107N11O27. The van der Waals surface area contributed by atoms with Crippen molar-refractivity contribution in [2.75, 3.05) is 53.5 Å². The second-order valence-electron chi connectivity index (χ2n) is 27.3. The van der Waals surface area contributed by atoms with Crippen LogP contribution in [-0.4, -0.2) is 340 Å². The first kappa shape index (κ1) is 82.2. The van der Waals surface area contributed by atoms with E-state index in [-0.39, 0.29) is 59.4 Å². The lowest BCUT2D eigenvalue weighted by Gasteiger charge is -2.52. The maximum absolute atomic E-state index is 13.2. The molecule has 2 saturated carbocycles. The second kappa shape index (κ2) is 36.8. The predicted molar refractivity (Wildman–Crippen MR) is 354 cm³/mol. The van der Waals surface area contributed by atoms with Crippen molar-refractivity contribution in [1.29, 1.82) is 0 Å². The van der Waals surface area contributed by atoms with Gasteiger partial charge in [0.1, 0.15) is 105 Å². The van der Waals surface area contributed by atoms with Gasteiger partial charge in [0.15, 0.2) is 43.8 Å². The van der Waals surface area contributed by atoms with Crippen LogP contribution in [0.4, 0.5) is 14.4 Å². The van der Waals surface area contributed by atoms with Gasteiger partial charge < -0.3 is 168 Å². The lowest BCUT2D eigenvalue weighted by Crippen LogP contribution is -2.70. The molecule has 9 fully saturated rings. The van der Waals surface area contributed by atoms with E-state index in [1.165, 1.54) is 11.9 Å². The van der Waals surface area contributed by atoms with Gasteiger partial charge in [-0.15, -0.1) is 0 Å². The molecule has 11 rings (SSSR count). The number of hydrogen-bond acceptors (Lipinski definition) is 35. The van der Waals surface area contributed by atoms with Crippen molar-refractivity contribution < 1.29 is 132 Å². The van der Waals surface area contributed by atoms with Crippen molar-refractivity contribution in [2.24, 2.45) is 40.3 Å². The van der Waals surface area contributed by atoms with E-state index >= 15 is 0 Å². The number of amides is 3. The summed E-state index contributed by atoms with van der Waals surface area (Å²) in [4.78, 5) is 42.0. The number of likely N-dealkylation sites (N-methyl/N-ethyl adjacent to an activating group) is 2. The average Bonchev–Trinajstić information content (AvgIpc) is 1.69. The third kappa shape index (κ3) is 18.6. The summed E-state index contributed by atoms with van der Waals surface area (Å²) in [5.41, 5.74) is 37.1. The minimum atomic E-state index is -1.67. The molecule has 38 heteroatoms. The SMILES string of the molecule is C.CC1C[C@@H]2OC(O[C@H]3OC(CO)[C@@H](N)[C@H](O)C3O)C3C(OC(=O)N3C)C2O[C@@H]1O[C@@H]1C(NC(=O)OCc2ccccc2)C[C@@H](NC(=O)OCc2ccccc2)C(O)[C@H]1O.CNC1C(O[C@H]2OC(CO)[C@@H](N(CCN)CCN)[C@H](O)C2O)O[C@H]2CC(N)[C@@H](O[C@@H]3C(N)C[C@@H](N)C(O)[C@H]3O)OC2C1O. The van der Waals surface area contributed by atoms with Crippen molar-refractivity contribution in [3.8, 4) is 0 Å². The minimum absolute atomic E-state index is 0. The van der Waals surface area contributed by atoms with E-state index in [0.717, 1.165) is 11.1 Å². The minimum Gasteiger partial charge on any atom is -0.445 e. The highest BCUT2D eigenvalue weighted by molar-refractivity contribution is 5.71. The molecule has 38 nitrogen and oxygen atoms in total. The van der Waals surface area contributed by atoms with Crippen molar-refractivity contribution in [2.45, 2.75) is 255 Å². The summed E-state index contributed by atoms with van der Waals surface area (Å²) in [6.45, 7) is 1.87. The fourth-order valence-corrected chi connectivity index (χ4v) is 14.8. The standard InChI is InChI=1S/C39H52N4O16.C25H51N7O11.CH4/c1-18-13-23-32(33-26(43(2)39(51)58-33)35(54-23)59-36-30(48)28(46)25(40)24(15-44)55-36)57-34(18)56-31-22(42-38(50)53-17-20-11-7-4-8-12-20)14-21(27(45)29(31)47)41-37(49)52-16-19-9-5-3-6-10-19;1-31-14-17(35)22-12(7-11(30)23(42-22)41-21-10(29)6-9(28)16(34)19(21)37)39-24(14)43-25-20(38)18(36)15(13(8-33)40-25)32(4-2-26)5-3-27;/h3-12,18,21-36,44-48H,13-17,40H2,1-2H3,(H,41,49)(H,42,50);9-25,31,33-38H,2-8,26-30H2,1H3;1H4/t18?,21-,22?,23+,24?,25-,26?,27?,28+,29-,30?,31-,32?,33?,34+,35?,36-;9-,10?,11?,12+,13?,14?,15-,16?,17?,18+,19-,20?,21-,22?,23+,24?,25-;/m11./s1. The number of nitrogens with one attached hydrogen (secondary N) is 3. The number of benzene rings is 2. The lowest BCUT2D eigenvalue weighted by molar-refractivity contribution is -0.376. The molecule has 7 heterocycles. The van der Waals surface area contributed by atoms with Gasteiger partial charge in [-0.25, -0.2) is 14.4 Å². The Kier molecular flexibility index (Phi) is 29.3. The van der Waals surface area contributed by atoms with Crippen LogP contribution in [0.25, 0.3) is 0 Å². The highest BCUT2D eigenvalue weighted by Crippen LogP contribution is 2.43. The molecular weight excluding hydrogens is 1370 g/mol. The molecule has 0 radical (unpaired) electrons. The first-order valence-corrected chi connectivity index (χ1v) is 34.4. The summed E-state index contributed by atoms with van der Waals surface area (Å²) in [5, 5.41) is 126. The van der Waals surface area contributed by atoms with Crippen molar-refractivity contribution >= 4 is 18.3 Å². The largest absolute Gasteiger partial charge is 0.445 e. The number of carbonyl (C=O) groups is 3. The van der Waals surface area contributed by atoms with Crippen LogP contribution in [0.1, 0.15) is 51.2 Å². The third-order valence-corrected chi connectivity index (χ3v) is 20.4. The average molecular weight is 1470 g/mol. The first-order chi connectivity index (χ1) is 48.8. The molecule has 584 valence electrons. The van der Waals surface area contributed by atoms with E-state index in [0.29, 0.717) is 13.1 Å².